The Morgan fingerprint density at radius 2 is 1.70 bits per heavy atom. The van der Waals surface area contributed by atoms with Crippen molar-refractivity contribution in [2.24, 2.45) is 0 Å². The summed E-state index contributed by atoms with van der Waals surface area (Å²) in [6, 6.07) is 8.33. The number of nitrogens with zero attached hydrogens (tertiary/aromatic N) is 3. The van der Waals surface area contributed by atoms with Gasteiger partial charge < -0.3 is 14.4 Å². The second-order valence-corrected chi connectivity index (χ2v) is 8.80. The summed E-state index contributed by atoms with van der Waals surface area (Å²) in [6.45, 7) is 5.26. The second-order valence-electron chi connectivity index (χ2n) is 8.80. The lowest BCUT2D eigenvalue weighted by Crippen LogP contribution is -2.58. The maximum Gasteiger partial charge on any atom is 0.328 e. The first-order chi connectivity index (χ1) is 14.5. The van der Waals surface area contributed by atoms with E-state index in [-0.39, 0.29) is 18.0 Å². The van der Waals surface area contributed by atoms with Crippen LogP contribution in [-0.2, 0) is 27.1 Å². The third kappa shape index (κ3) is 3.53. The Hall–Kier alpha value is -1.96. The molecule has 0 aromatic heterocycles. The molecular formula is C23H33N3O4. The molecule has 4 rings (SSSR count). The first-order valence-corrected chi connectivity index (χ1v) is 11.0. The fourth-order valence-electron chi connectivity index (χ4n) is 5.44. The summed E-state index contributed by atoms with van der Waals surface area (Å²) in [5.74, 6) is -0.0135. The van der Waals surface area contributed by atoms with Crippen molar-refractivity contribution in [2.45, 2.75) is 50.2 Å². The summed E-state index contributed by atoms with van der Waals surface area (Å²) in [6.07, 6.45) is 2.81. The maximum absolute atomic E-state index is 13.8. The van der Waals surface area contributed by atoms with Gasteiger partial charge in [-0.2, -0.15) is 0 Å². The van der Waals surface area contributed by atoms with E-state index in [0.29, 0.717) is 38.6 Å². The van der Waals surface area contributed by atoms with Crippen LogP contribution in [0.3, 0.4) is 0 Å². The Morgan fingerprint density at radius 1 is 1.07 bits per heavy atom. The average Bonchev–Trinajstić information content (AvgIpc) is 3.25. The number of hydrogen-bond donors (Lipinski definition) is 0. The number of methoxy groups -OCH3 is 2. The van der Waals surface area contributed by atoms with Gasteiger partial charge in [0.25, 0.3) is 5.91 Å². The van der Waals surface area contributed by atoms with Gasteiger partial charge in [0, 0.05) is 45.9 Å². The monoisotopic (exact) mass is 415 g/mol. The molecular weight excluding hydrogens is 382 g/mol. The van der Waals surface area contributed by atoms with Crippen LogP contribution in [0.15, 0.2) is 24.3 Å². The van der Waals surface area contributed by atoms with E-state index in [1.807, 2.05) is 12.1 Å². The van der Waals surface area contributed by atoms with Crippen LogP contribution in [0.2, 0.25) is 0 Å². The minimum atomic E-state index is -0.742. The maximum atomic E-state index is 13.8. The molecule has 1 spiro atoms. The van der Waals surface area contributed by atoms with Gasteiger partial charge in [-0.1, -0.05) is 24.3 Å². The van der Waals surface area contributed by atoms with E-state index in [4.69, 9.17) is 9.47 Å². The van der Waals surface area contributed by atoms with Crippen LogP contribution in [0.25, 0.3) is 0 Å². The highest BCUT2D eigenvalue weighted by atomic mass is 16.5. The molecule has 0 bridgehead atoms. The quantitative estimate of drug-likeness (QED) is 0.637. The molecule has 2 fully saturated rings. The molecule has 1 aromatic rings. The molecule has 2 saturated heterocycles. The minimum absolute atomic E-state index is 0.0135. The largest absolute Gasteiger partial charge is 0.383 e. The minimum Gasteiger partial charge on any atom is -0.383 e. The summed E-state index contributed by atoms with van der Waals surface area (Å²) >= 11 is 0. The molecule has 164 valence electrons. The molecule has 3 aliphatic rings. The number of hydrogen-bond acceptors (Lipinski definition) is 5. The SMILES string of the molecule is COCCN1C(=O)N(C2Cc3ccccc3C2)C(=O)C12CCN([C@@H](C)COC)CC2. The Kier molecular flexibility index (Phi) is 6.14. The number of carbonyl (C=O) groups is 2. The van der Waals surface area contributed by atoms with Crippen molar-refractivity contribution in [3.63, 3.8) is 0 Å². The summed E-state index contributed by atoms with van der Waals surface area (Å²) < 4.78 is 10.6. The van der Waals surface area contributed by atoms with E-state index >= 15 is 0 Å². The fraction of sp³-hybridized carbons (Fsp3) is 0.652. The number of rotatable bonds is 7. The molecule has 7 heteroatoms. The average molecular weight is 416 g/mol. The van der Waals surface area contributed by atoms with Gasteiger partial charge in [0.05, 0.1) is 13.2 Å². The van der Waals surface area contributed by atoms with E-state index in [1.54, 1.807) is 24.0 Å². The van der Waals surface area contributed by atoms with Gasteiger partial charge in [-0.25, -0.2) is 4.79 Å². The normalized spacial score (nSPS) is 22.9. The predicted octanol–water partition coefficient (Wildman–Crippen LogP) is 1.93. The standard InChI is InChI=1S/C23H33N3O4/c1-17(16-30-3)24-10-8-23(9-11-24)21(27)26(22(28)25(23)12-13-29-2)20-14-18-6-4-5-7-19(18)15-20/h4-7,17,20H,8-16H2,1-3H3/t17-/m0/s1. The van der Waals surface area contributed by atoms with E-state index < -0.39 is 5.54 Å². The molecule has 0 saturated carbocycles. The number of amides is 3. The highest BCUT2D eigenvalue weighted by Gasteiger charge is 2.59. The molecule has 3 amide bonds. The third-order valence-electron chi connectivity index (χ3n) is 7.14. The third-order valence-corrected chi connectivity index (χ3v) is 7.14. The van der Waals surface area contributed by atoms with Gasteiger partial charge in [-0.15, -0.1) is 0 Å². The molecule has 1 atom stereocenters. The number of fused-ring (bicyclic) bond motifs is 1. The Balaban J connectivity index is 1.56. The van der Waals surface area contributed by atoms with Crippen LogP contribution in [0.5, 0.6) is 0 Å². The first kappa shape index (κ1) is 21.3. The van der Waals surface area contributed by atoms with Crippen molar-refractivity contribution in [1.29, 1.82) is 0 Å². The predicted molar refractivity (Wildman–Crippen MR) is 113 cm³/mol. The molecule has 0 radical (unpaired) electrons. The van der Waals surface area contributed by atoms with Gasteiger partial charge in [0.2, 0.25) is 0 Å². The molecule has 0 unspecified atom stereocenters. The number of benzene rings is 1. The van der Waals surface area contributed by atoms with Gasteiger partial charge in [0.15, 0.2) is 0 Å². The zero-order chi connectivity index (χ0) is 21.3. The van der Waals surface area contributed by atoms with E-state index in [2.05, 4.69) is 24.0 Å². The Morgan fingerprint density at radius 3 is 2.27 bits per heavy atom. The molecule has 1 aliphatic carbocycles. The molecule has 1 aromatic carbocycles. The van der Waals surface area contributed by atoms with Crippen LogP contribution >= 0.6 is 0 Å². The van der Waals surface area contributed by atoms with Crippen LogP contribution in [0, 0.1) is 0 Å². The molecule has 30 heavy (non-hydrogen) atoms. The van der Waals surface area contributed by atoms with Gasteiger partial charge >= 0.3 is 6.03 Å². The highest BCUT2D eigenvalue weighted by Crippen LogP contribution is 2.40. The summed E-state index contributed by atoms with van der Waals surface area (Å²) in [7, 11) is 3.35. The smallest absolute Gasteiger partial charge is 0.328 e. The second kappa shape index (κ2) is 8.65. The number of urea groups is 1. The van der Waals surface area contributed by atoms with E-state index in [0.717, 1.165) is 25.9 Å². The van der Waals surface area contributed by atoms with Gasteiger partial charge in [-0.05, 0) is 43.7 Å². The number of piperidine rings is 1. The fourth-order valence-corrected chi connectivity index (χ4v) is 5.44. The molecule has 7 nitrogen and oxygen atoms in total. The summed E-state index contributed by atoms with van der Waals surface area (Å²) in [5.41, 5.74) is 1.75. The zero-order valence-corrected chi connectivity index (χ0v) is 18.3. The number of imide groups is 1. The van der Waals surface area contributed by atoms with Crippen LogP contribution in [-0.4, -0.2) is 91.3 Å². The first-order valence-electron chi connectivity index (χ1n) is 11.0. The van der Waals surface area contributed by atoms with Gasteiger partial charge in [0.1, 0.15) is 5.54 Å². The highest BCUT2D eigenvalue weighted by molar-refractivity contribution is 6.07. The lowest BCUT2D eigenvalue weighted by atomic mass is 9.85. The van der Waals surface area contributed by atoms with E-state index in [1.165, 1.54) is 11.1 Å². The molecule has 2 aliphatic heterocycles. The number of likely N-dealkylation sites (tertiary alicyclic amines) is 1. The Bertz CT molecular complexity index is 765. The van der Waals surface area contributed by atoms with Crippen LogP contribution in [0.4, 0.5) is 4.79 Å². The van der Waals surface area contributed by atoms with Crippen molar-refractivity contribution in [2.75, 3.05) is 47.1 Å². The van der Waals surface area contributed by atoms with Crippen molar-refractivity contribution in [3.8, 4) is 0 Å². The lowest BCUT2D eigenvalue weighted by Gasteiger charge is -2.43. The summed E-state index contributed by atoms with van der Waals surface area (Å²) in [5, 5.41) is 0. The Labute approximate surface area is 178 Å². The zero-order valence-electron chi connectivity index (χ0n) is 18.3. The lowest BCUT2D eigenvalue weighted by molar-refractivity contribution is -0.137. The van der Waals surface area contributed by atoms with Crippen molar-refractivity contribution >= 4 is 11.9 Å². The summed E-state index contributed by atoms with van der Waals surface area (Å²) in [4.78, 5) is 33.0. The van der Waals surface area contributed by atoms with Gasteiger partial charge in [-0.3, -0.25) is 14.6 Å². The molecule has 0 N–H and O–H groups in total. The van der Waals surface area contributed by atoms with Crippen molar-refractivity contribution in [3.05, 3.63) is 35.4 Å². The van der Waals surface area contributed by atoms with Crippen molar-refractivity contribution < 1.29 is 19.1 Å². The molecule has 2 heterocycles. The number of ether oxygens (including phenoxy) is 2. The van der Waals surface area contributed by atoms with Crippen LogP contribution < -0.4 is 0 Å². The van der Waals surface area contributed by atoms with E-state index in [9.17, 15) is 9.59 Å². The van der Waals surface area contributed by atoms with Crippen LogP contribution in [0.1, 0.15) is 30.9 Å². The van der Waals surface area contributed by atoms with Crippen molar-refractivity contribution in [1.82, 2.24) is 14.7 Å². The number of carbonyl (C=O) groups excluding carboxylic acids is 2. The topological polar surface area (TPSA) is 62.3 Å².